The van der Waals surface area contributed by atoms with Crippen LogP contribution in [0.3, 0.4) is 0 Å². The highest BCUT2D eigenvalue weighted by atomic mass is 16.2. The smallest absolute Gasteiger partial charge is 0.246 e. The summed E-state index contributed by atoms with van der Waals surface area (Å²) >= 11 is 0. The third-order valence-corrected chi connectivity index (χ3v) is 1.47. The minimum atomic E-state index is 0.144. The summed E-state index contributed by atoms with van der Waals surface area (Å²) in [6, 6.07) is 0.340. The average molecular weight is 155 g/mol. The van der Waals surface area contributed by atoms with Crippen LogP contribution in [0.2, 0.25) is 0 Å². The van der Waals surface area contributed by atoms with Crippen LogP contribution in [0.5, 0.6) is 0 Å². The van der Waals surface area contributed by atoms with Gasteiger partial charge in [-0.2, -0.15) is 0 Å². The Balaban J connectivity index is 0.000000461. The van der Waals surface area contributed by atoms with E-state index in [4.69, 9.17) is 0 Å². The molecule has 0 saturated heterocycles. The second-order valence-corrected chi connectivity index (χ2v) is 2.49. The number of carbonyl (C=O) groups is 1. The van der Waals surface area contributed by atoms with Crippen molar-refractivity contribution in [2.45, 2.75) is 33.7 Å². The third-order valence-electron chi connectivity index (χ3n) is 1.47. The van der Waals surface area contributed by atoms with Gasteiger partial charge < -0.3 is 4.90 Å². The molecule has 1 amide bonds. The molecule has 0 fully saturated rings. The van der Waals surface area contributed by atoms with Crippen LogP contribution >= 0.6 is 0 Å². The number of nitrogens with zero attached hydrogens (tertiary/aromatic N) is 1. The molecule has 0 spiro atoms. The molecule has 0 unspecified atom stereocenters. The predicted octanol–water partition coefficient (Wildman–Crippen LogP) is 1.82. The number of amides is 1. The zero-order valence-electron chi connectivity index (χ0n) is 7.79. The molecule has 0 N–H and O–H groups in total. The van der Waals surface area contributed by atoms with Crippen molar-refractivity contribution < 1.29 is 4.79 Å². The van der Waals surface area contributed by atoms with Gasteiger partial charge in [-0.3, -0.25) is 4.79 Å². The first-order chi connectivity index (χ1) is 5.22. The highest BCUT2D eigenvalue weighted by molar-refractivity contribution is 5.90. The van der Waals surface area contributed by atoms with Gasteiger partial charge in [0.05, 0.1) is 0 Å². The van der Waals surface area contributed by atoms with Crippen molar-refractivity contribution in [3.8, 4) is 0 Å². The molecule has 0 saturated carbocycles. The summed E-state index contributed by atoms with van der Waals surface area (Å²) in [6.07, 6.45) is 3.52. The molecule has 11 heavy (non-hydrogen) atoms. The zero-order valence-corrected chi connectivity index (χ0v) is 7.79. The van der Waals surface area contributed by atoms with E-state index in [-0.39, 0.29) is 5.91 Å². The van der Waals surface area contributed by atoms with E-state index in [1.54, 1.807) is 6.08 Å². The van der Waals surface area contributed by atoms with Crippen LogP contribution in [-0.4, -0.2) is 23.4 Å². The van der Waals surface area contributed by atoms with Gasteiger partial charge in [0.25, 0.3) is 0 Å². The van der Waals surface area contributed by atoms with E-state index in [9.17, 15) is 4.79 Å². The molecule has 0 atom stereocenters. The molecular weight excluding hydrogens is 138 g/mol. The van der Waals surface area contributed by atoms with Crippen molar-refractivity contribution in [1.82, 2.24) is 4.90 Å². The van der Waals surface area contributed by atoms with Gasteiger partial charge in [-0.05, 0) is 13.8 Å². The van der Waals surface area contributed by atoms with Crippen LogP contribution in [0.25, 0.3) is 0 Å². The van der Waals surface area contributed by atoms with Crippen molar-refractivity contribution in [2.75, 3.05) is 6.54 Å². The molecule has 1 aliphatic heterocycles. The van der Waals surface area contributed by atoms with Crippen LogP contribution in [0.15, 0.2) is 12.2 Å². The highest BCUT2D eigenvalue weighted by Crippen LogP contribution is 2.05. The molecular formula is C9H17NO. The lowest BCUT2D eigenvalue weighted by Gasteiger charge is -2.19. The van der Waals surface area contributed by atoms with Gasteiger partial charge in [0, 0.05) is 18.7 Å². The van der Waals surface area contributed by atoms with E-state index in [1.807, 2.05) is 38.7 Å². The fourth-order valence-electron chi connectivity index (χ4n) is 0.918. The Kier molecular flexibility index (Phi) is 4.59. The monoisotopic (exact) mass is 155 g/mol. The molecule has 0 aromatic heterocycles. The summed E-state index contributed by atoms with van der Waals surface area (Å²) in [4.78, 5) is 12.7. The molecule has 1 rings (SSSR count). The van der Waals surface area contributed by atoms with E-state index in [1.165, 1.54) is 0 Å². The maximum Gasteiger partial charge on any atom is 0.246 e. The molecule has 0 aromatic rings. The molecule has 1 heterocycles. The normalized spacial score (nSPS) is 15.4. The number of rotatable bonds is 1. The Morgan fingerprint density at radius 1 is 1.45 bits per heavy atom. The van der Waals surface area contributed by atoms with Gasteiger partial charge >= 0.3 is 0 Å². The van der Waals surface area contributed by atoms with Crippen molar-refractivity contribution in [3.63, 3.8) is 0 Å². The Hall–Kier alpha value is -0.790. The fraction of sp³-hybridized carbons (Fsp3) is 0.667. The molecule has 0 radical (unpaired) electrons. The molecule has 64 valence electrons. The van der Waals surface area contributed by atoms with Crippen LogP contribution in [0, 0.1) is 0 Å². The maximum atomic E-state index is 10.9. The third kappa shape index (κ3) is 2.74. The van der Waals surface area contributed by atoms with E-state index in [0.717, 1.165) is 6.54 Å². The van der Waals surface area contributed by atoms with Gasteiger partial charge in [-0.15, -0.1) is 0 Å². The van der Waals surface area contributed by atoms with Gasteiger partial charge in [0.2, 0.25) is 5.91 Å². The summed E-state index contributed by atoms with van der Waals surface area (Å²) in [6.45, 7) is 8.83. The summed E-state index contributed by atoms with van der Waals surface area (Å²) in [5, 5.41) is 0. The molecule has 2 heteroatoms. The number of carbonyl (C=O) groups excluding carboxylic acids is 1. The molecule has 0 bridgehead atoms. The van der Waals surface area contributed by atoms with E-state index in [2.05, 4.69) is 0 Å². The van der Waals surface area contributed by atoms with Gasteiger partial charge in [-0.25, -0.2) is 0 Å². The van der Waals surface area contributed by atoms with Crippen LogP contribution in [0.4, 0.5) is 0 Å². The van der Waals surface area contributed by atoms with Crippen LogP contribution < -0.4 is 0 Å². The second-order valence-electron chi connectivity index (χ2n) is 2.49. The largest absolute Gasteiger partial charge is 0.333 e. The minimum absolute atomic E-state index is 0.144. The van der Waals surface area contributed by atoms with Crippen molar-refractivity contribution in [1.29, 1.82) is 0 Å². The highest BCUT2D eigenvalue weighted by Gasteiger charge is 2.16. The first-order valence-corrected chi connectivity index (χ1v) is 4.19. The van der Waals surface area contributed by atoms with Crippen molar-refractivity contribution in [3.05, 3.63) is 12.2 Å². The summed E-state index contributed by atoms with van der Waals surface area (Å²) in [7, 11) is 0. The van der Waals surface area contributed by atoms with Gasteiger partial charge in [-0.1, -0.05) is 19.9 Å². The predicted molar refractivity (Wildman–Crippen MR) is 47.3 cm³/mol. The quantitative estimate of drug-likeness (QED) is 0.565. The average Bonchev–Trinajstić information content (AvgIpc) is 2.39. The molecule has 0 aromatic carbocycles. The fourth-order valence-corrected chi connectivity index (χ4v) is 0.918. The number of hydrogen-bond acceptors (Lipinski definition) is 1. The summed E-state index contributed by atoms with van der Waals surface area (Å²) < 4.78 is 0. The standard InChI is InChI=1S/C7H11NO.C2H6/c1-6(2)8-5-3-4-7(8)9;1-2/h3-4,6H,5H2,1-2H3;1-2H3. The van der Waals surface area contributed by atoms with Gasteiger partial charge in [0.15, 0.2) is 0 Å². The summed E-state index contributed by atoms with van der Waals surface area (Å²) in [5.41, 5.74) is 0. The van der Waals surface area contributed by atoms with Gasteiger partial charge in [0.1, 0.15) is 0 Å². The van der Waals surface area contributed by atoms with Crippen LogP contribution in [-0.2, 0) is 4.79 Å². The minimum Gasteiger partial charge on any atom is -0.333 e. The first kappa shape index (κ1) is 10.2. The molecule has 0 aliphatic carbocycles. The Labute approximate surface area is 68.9 Å². The first-order valence-electron chi connectivity index (χ1n) is 4.19. The Morgan fingerprint density at radius 3 is 2.18 bits per heavy atom. The lowest BCUT2D eigenvalue weighted by atomic mass is 10.3. The lowest BCUT2D eigenvalue weighted by Crippen LogP contribution is -2.32. The van der Waals surface area contributed by atoms with E-state index in [0.29, 0.717) is 6.04 Å². The molecule has 1 aliphatic rings. The Morgan fingerprint density at radius 2 is 2.00 bits per heavy atom. The summed E-state index contributed by atoms with van der Waals surface area (Å²) in [5.74, 6) is 0.144. The topological polar surface area (TPSA) is 20.3 Å². The SMILES string of the molecule is CC.CC(C)N1CC=CC1=O. The maximum absolute atomic E-state index is 10.9. The molecule has 2 nitrogen and oxygen atoms in total. The van der Waals surface area contributed by atoms with Crippen molar-refractivity contribution >= 4 is 5.91 Å². The van der Waals surface area contributed by atoms with E-state index < -0.39 is 0 Å². The van der Waals surface area contributed by atoms with E-state index >= 15 is 0 Å². The Bertz CT molecular complexity index is 150. The number of hydrogen-bond donors (Lipinski definition) is 0. The zero-order chi connectivity index (χ0) is 8.85. The lowest BCUT2D eigenvalue weighted by molar-refractivity contribution is -0.125. The van der Waals surface area contributed by atoms with Crippen molar-refractivity contribution in [2.24, 2.45) is 0 Å². The second kappa shape index (κ2) is 4.94. The van der Waals surface area contributed by atoms with Crippen LogP contribution in [0.1, 0.15) is 27.7 Å².